The summed E-state index contributed by atoms with van der Waals surface area (Å²) in [7, 11) is 0. The van der Waals surface area contributed by atoms with Crippen molar-refractivity contribution in [2.75, 3.05) is 0 Å². The van der Waals surface area contributed by atoms with Crippen LogP contribution in [0, 0.1) is 34.0 Å². The molecule has 12 heavy (non-hydrogen) atoms. The molecule has 0 spiro atoms. The van der Waals surface area contributed by atoms with Crippen LogP contribution in [0.5, 0.6) is 0 Å². The minimum Gasteiger partial charge on any atom is -0.226 e. The summed E-state index contributed by atoms with van der Waals surface area (Å²) in [6, 6.07) is 5.11. The lowest BCUT2D eigenvalue weighted by Crippen LogP contribution is -1.95. The first-order valence-corrected chi connectivity index (χ1v) is 2.89. The van der Waals surface area contributed by atoms with Crippen molar-refractivity contribution >= 4 is 0 Å². The second kappa shape index (κ2) is 3.09. The molecule has 1 aromatic rings. The second-order valence-electron chi connectivity index (χ2n) is 1.79. The molecule has 1 aromatic heterocycles. The predicted octanol–water partition coefficient (Wildman–Crippen LogP) is 0.0916. The lowest BCUT2D eigenvalue weighted by atomic mass is 10.2. The van der Waals surface area contributed by atoms with Gasteiger partial charge < -0.3 is 0 Å². The van der Waals surface area contributed by atoms with E-state index in [1.807, 2.05) is 0 Å². The van der Waals surface area contributed by atoms with Gasteiger partial charge in [0.25, 0.3) is 0 Å². The van der Waals surface area contributed by atoms with E-state index in [1.54, 1.807) is 18.2 Å². The molecule has 5 heteroatoms. The highest BCUT2D eigenvalue weighted by Crippen LogP contribution is 2.00. The molecule has 0 saturated carbocycles. The first-order chi connectivity index (χ1) is 5.81. The number of aromatic nitrogens is 2. The van der Waals surface area contributed by atoms with Crippen LogP contribution in [-0.2, 0) is 0 Å². The van der Waals surface area contributed by atoms with Gasteiger partial charge in [-0.2, -0.15) is 15.8 Å². The van der Waals surface area contributed by atoms with Crippen LogP contribution >= 0.6 is 0 Å². The second-order valence-corrected chi connectivity index (χ2v) is 1.79. The van der Waals surface area contributed by atoms with Gasteiger partial charge in [-0.3, -0.25) is 0 Å². The zero-order valence-electron chi connectivity index (χ0n) is 5.81. The molecule has 0 N–H and O–H groups in total. The standard InChI is InChI=1S/C7HN5/c8-1-5-4-11-7(3-10)12-6(5)2-9/h4H. The van der Waals surface area contributed by atoms with Crippen LogP contribution in [0.4, 0.5) is 0 Å². The zero-order valence-corrected chi connectivity index (χ0v) is 5.81. The molecule has 0 aliphatic rings. The van der Waals surface area contributed by atoms with Gasteiger partial charge in [-0.1, -0.05) is 0 Å². The lowest BCUT2D eigenvalue weighted by molar-refractivity contribution is 1.08. The minimum absolute atomic E-state index is 0.0657. The Kier molecular flexibility index (Phi) is 1.97. The van der Waals surface area contributed by atoms with Gasteiger partial charge in [-0.25, -0.2) is 9.97 Å². The molecule has 0 aliphatic heterocycles. The Morgan fingerprint density at radius 1 is 1.08 bits per heavy atom. The number of hydrogen-bond acceptors (Lipinski definition) is 5. The van der Waals surface area contributed by atoms with Crippen LogP contribution < -0.4 is 0 Å². The van der Waals surface area contributed by atoms with E-state index in [9.17, 15) is 0 Å². The maximum absolute atomic E-state index is 8.47. The molecule has 0 fully saturated rings. The van der Waals surface area contributed by atoms with Crippen LogP contribution in [0.2, 0.25) is 0 Å². The number of nitriles is 3. The van der Waals surface area contributed by atoms with Crippen molar-refractivity contribution in [2.45, 2.75) is 0 Å². The van der Waals surface area contributed by atoms with E-state index in [0.717, 1.165) is 6.20 Å². The van der Waals surface area contributed by atoms with E-state index in [-0.39, 0.29) is 17.1 Å². The molecular formula is C7HN5. The molecule has 0 unspecified atom stereocenters. The molecule has 5 nitrogen and oxygen atoms in total. The Labute approximate surface area is 68.1 Å². The molecule has 0 aliphatic carbocycles. The number of rotatable bonds is 0. The Balaban J connectivity index is 3.37. The fraction of sp³-hybridized carbons (Fsp3) is 0. The molecule has 0 bridgehead atoms. The molecular weight excluding hydrogens is 154 g/mol. The summed E-state index contributed by atoms with van der Waals surface area (Å²) in [4.78, 5) is 7.06. The van der Waals surface area contributed by atoms with Gasteiger partial charge in [0, 0.05) is 0 Å². The summed E-state index contributed by atoms with van der Waals surface area (Å²) in [6.45, 7) is 0. The van der Waals surface area contributed by atoms with Gasteiger partial charge in [-0.05, 0) is 0 Å². The van der Waals surface area contributed by atoms with E-state index < -0.39 is 0 Å². The van der Waals surface area contributed by atoms with Crippen LogP contribution in [0.15, 0.2) is 6.20 Å². The molecule has 0 atom stereocenters. The summed E-state index contributed by atoms with van der Waals surface area (Å²) in [5, 5.41) is 25.3. The van der Waals surface area contributed by atoms with Crippen molar-refractivity contribution < 1.29 is 0 Å². The van der Waals surface area contributed by atoms with Crippen molar-refractivity contribution in [1.29, 1.82) is 15.8 Å². The Morgan fingerprint density at radius 2 is 1.83 bits per heavy atom. The minimum atomic E-state index is -0.106. The number of hydrogen-bond donors (Lipinski definition) is 0. The van der Waals surface area contributed by atoms with Gasteiger partial charge in [0.15, 0.2) is 5.69 Å². The summed E-state index contributed by atoms with van der Waals surface area (Å²) < 4.78 is 0. The van der Waals surface area contributed by atoms with Crippen LogP contribution in [-0.4, -0.2) is 9.97 Å². The van der Waals surface area contributed by atoms with Crippen molar-refractivity contribution in [1.82, 2.24) is 9.97 Å². The van der Waals surface area contributed by atoms with E-state index >= 15 is 0 Å². The third-order valence-electron chi connectivity index (χ3n) is 1.12. The van der Waals surface area contributed by atoms with Gasteiger partial charge in [0.05, 0.1) is 6.20 Å². The normalized spacial score (nSPS) is 7.75. The predicted molar refractivity (Wildman–Crippen MR) is 36.2 cm³/mol. The molecule has 1 rings (SSSR count). The topological polar surface area (TPSA) is 97.1 Å². The Morgan fingerprint density at radius 3 is 2.33 bits per heavy atom. The highest BCUT2D eigenvalue weighted by atomic mass is 14.9. The molecule has 1 heterocycles. The van der Waals surface area contributed by atoms with E-state index in [1.165, 1.54) is 0 Å². The molecule has 0 amide bonds. The fourth-order valence-electron chi connectivity index (χ4n) is 0.603. The van der Waals surface area contributed by atoms with Crippen LogP contribution in [0.3, 0.4) is 0 Å². The first kappa shape index (κ1) is 7.65. The molecule has 0 aromatic carbocycles. The highest BCUT2D eigenvalue weighted by Gasteiger charge is 2.04. The monoisotopic (exact) mass is 155 g/mol. The fourth-order valence-corrected chi connectivity index (χ4v) is 0.603. The van der Waals surface area contributed by atoms with Crippen molar-refractivity contribution in [3.05, 3.63) is 23.3 Å². The van der Waals surface area contributed by atoms with Gasteiger partial charge in [0.1, 0.15) is 23.8 Å². The lowest BCUT2D eigenvalue weighted by Gasteiger charge is -1.90. The first-order valence-electron chi connectivity index (χ1n) is 2.89. The van der Waals surface area contributed by atoms with E-state index in [0.29, 0.717) is 0 Å². The Bertz CT molecular complexity index is 429. The maximum atomic E-state index is 8.47. The van der Waals surface area contributed by atoms with Gasteiger partial charge in [-0.15, -0.1) is 0 Å². The smallest absolute Gasteiger partial charge is 0.226 e. The summed E-state index contributed by atoms with van der Waals surface area (Å²) in [5.41, 5.74) is 0.0144. The summed E-state index contributed by atoms with van der Waals surface area (Å²) in [5.74, 6) is -0.106. The largest absolute Gasteiger partial charge is 0.233 e. The van der Waals surface area contributed by atoms with Gasteiger partial charge in [0.2, 0.25) is 5.82 Å². The van der Waals surface area contributed by atoms with Crippen molar-refractivity contribution in [2.24, 2.45) is 0 Å². The third kappa shape index (κ3) is 1.18. The average molecular weight is 155 g/mol. The Hall–Kier alpha value is -2.45. The molecule has 0 saturated heterocycles. The van der Waals surface area contributed by atoms with Crippen molar-refractivity contribution in [3.63, 3.8) is 0 Å². The maximum Gasteiger partial charge on any atom is 0.233 e. The zero-order chi connectivity index (χ0) is 8.97. The summed E-state index contributed by atoms with van der Waals surface area (Å²) in [6.07, 6.45) is 1.16. The van der Waals surface area contributed by atoms with Crippen LogP contribution in [0.25, 0.3) is 0 Å². The van der Waals surface area contributed by atoms with Crippen LogP contribution in [0.1, 0.15) is 17.1 Å². The van der Waals surface area contributed by atoms with Gasteiger partial charge >= 0.3 is 0 Å². The highest BCUT2D eigenvalue weighted by molar-refractivity contribution is 5.39. The van der Waals surface area contributed by atoms with E-state index in [4.69, 9.17) is 15.8 Å². The van der Waals surface area contributed by atoms with E-state index in [2.05, 4.69) is 9.97 Å². The third-order valence-corrected chi connectivity index (χ3v) is 1.12. The average Bonchev–Trinajstić information content (AvgIpc) is 2.16. The SMILES string of the molecule is N#Cc1ncc(C#N)c(C#N)n1. The quantitative estimate of drug-likeness (QED) is 0.528. The number of nitrogens with zero attached hydrogens (tertiary/aromatic N) is 5. The summed E-state index contributed by atoms with van der Waals surface area (Å²) >= 11 is 0. The van der Waals surface area contributed by atoms with Crippen molar-refractivity contribution in [3.8, 4) is 18.2 Å². The molecule has 54 valence electrons. The molecule has 0 radical (unpaired) electrons.